The number of nitrogens with one attached hydrogen (secondary N) is 2. The summed E-state index contributed by atoms with van der Waals surface area (Å²) in [7, 11) is -3.96. The molecule has 0 radical (unpaired) electrons. The Balaban J connectivity index is 1.49. The molecule has 0 atom stereocenters. The second-order valence-electron chi connectivity index (χ2n) is 7.02. The number of aromatic nitrogens is 2. The van der Waals surface area contributed by atoms with Gasteiger partial charge in [0.2, 0.25) is 9.84 Å². The number of aromatic amines is 1. The quantitative estimate of drug-likeness (QED) is 0.433. The number of H-pyrrole nitrogens is 1. The first-order valence-electron chi connectivity index (χ1n) is 9.35. The molecule has 10 heteroatoms. The van der Waals surface area contributed by atoms with Crippen molar-refractivity contribution in [1.82, 2.24) is 10.1 Å². The molecule has 2 N–H and O–H groups in total. The molecule has 2 heterocycles. The molecule has 0 saturated carbocycles. The van der Waals surface area contributed by atoms with Gasteiger partial charge in [0.05, 0.1) is 9.79 Å². The molecule has 0 unspecified atom stereocenters. The first kappa shape index (κ1) is 19.6. The van der Waals surface area contributed by atoms with Gasteiger partial charge < -0.3 is 5.32 Å². The highest BCUT2D eigenvalue weighted by Gasteiger charge is 2.35. The minimum absolute atomic E-state index is 0.0252. The van der Waals surface area contributed by atoms with E-state index in [1.54, 1.807) is 36.4 Å². The predicted octanol–water partition coefficient (Wildman–Crippen LogP) is 2.66. The summed E-state index contributed by atoms with van der Waals surface area (Å²) in [5, 5.41) is 6.27. The Kier molecular flexibility index (Phi) is 4.38. The number of carbonyl (C=O) groups excluding carboxylic acids is 2. The van der Waals surface area contributed by atoms with Gasteiger partial charge in [0.1, 0.15) is 0 Å². The van der Waals surface area contributed by atoms with Crippen molar-refractivity contribution in [2.24, 2.45) is 0 Å². The van der Waals surface area contributed by atoms with Crippen LogP contribution in [0.15, 0.2) is 85.8 Å². The zero-order valence-electron chi connectivity index (χ0n) is 16.2. The van der Waals surface area contributed by atoms with Gasteiger partial charge in [-0.15, -0.1) is 0 Å². The van der Waals surface area contributed by atoms with Gasteiger partial charge in [0.25, 0.3) is 5.91 Å². The van der Waals surface area contributed by atoms with Crippen LogP contribution in [0, 0.1) is 0 Å². The number of rotatable bonds is 3. The van der Waals surface area contributed by atoms with Crippen molar-refractivity contribution in [2.75, 3.05) is 5.32 Å². The highest BCUT2D eigenvalue weighted by Crippen LogP contribution is 2.35. The molecule has 3 aromatic carbocycles. The van der Waals surface area contributed by atoms with Crippen molar-refractivity contribution < 1.29 is 22.5 Å². The van der Waals surface area contributed by atoms with E-state index in [-0.39, 0.29) is 32.3 Å². The van der Waals surface area contributed by atoms with Crippen molar-refractivity contribution in [1.29, 1.82) is 0 Å². The summed E-state index contributed by atoms with van der Waals surface area (Å²) in [4.78, 5) is 38.8. The second kappa shape index (κ2) is 7.13. The molecule has 0 bridgehead atoms. The zero-order chi connectivity index (χ0) is 22.5. The third-order valence-corrected chi connectivity index (χ3v) is 6.89. The summed E-state index contributed by atoms with van der Waals surface area (Å²) in [6.07, 6.45) is 0. The highest BCUT2D eigenvalue weighted by molar-refractivity contribution is 7.91. The monoisotopic (exact) mass is 447 g/mol. The first-order valence-corrected chi connectivity index (χ1v) is 10.8. The van der Waals surface area contributed by atoms with Crippen molar-refractivity contribution in [3.63, 3.8) is 0 Å². The minimum Gasteiger partial charge on any atom is -0.322 e. The van der Waals surface area contributed by atoms with E-state index < -0.39 is 27.3 Å². The van der Waals surface area contributed by atoms with Crippen LogP contribution in [0.4, 0.5) is 5.69 Å². The summed E-state index contributed by atoms with van der Waals surface area (Å²) >= 11 is 0. The van der Waals surface area contributed by atoms with Crippen LogP contribution >= 0.6 is 0 Å². The Morgan fingerprint density at radius 3 is 2.47 bits per heavy atom. The predicted molar refractivity (Wildman–Crippen MR) is 112 cm³/mol. The van der Waals surface area contributed by atoms with E-state index >= 15 is 0 Å². The average Bonchev–Trinajstić information content (AvgIpc) is 3.24. The van der Waals surface area contributed by atoms with Gasteiger partial charge in [-0.05, 0) is 42.5 Å². The van der Waals surface area contributed by atoms with Crippen LogP contribution in [0.2, 0.25) is 0 Å². The average molecular weight is 447 g/mol. The van der Waals surface area contributed by atoms with Crippen LogP contribution < -0.4 is 11.1 Å². The summed E-state index contributed by atoms with van der Waals surface area (Å²) in [5.74, 6) is -1.49. The Hall–Kier alpha value is -4.31. The number of benzene rings is 3. The Bertz CT molecular complexity index is 1580. The largest absolute Gasteiger partial charge is 0.439 e. The molecule has 0 fully saturated rings. The van der Waals surface area contributed by atoms with E-state index in [1.165, 1.54) is 30.3 Å². The fourth-order valence-corrected chi connectivity index (χ4v) is 5.20. The third-order valence-electron chi connectivity index (χ3n) is 5.03. The van der Waals surface area contributed by atoms with Crippen molar-refractivity contribution >= 4 is 27.2 Å². The van der Waals surface area contributed by atoms with Crippen molar-refractivity contribution in [2.45, 2.75) is 9.79 Å². The number of fused-ring (bicyclic) bond motifs is 2. The van der Waals surface area contributed by atoms with Crippen LogP contribution in [0.25, 0.3) is 11.4 Å². The molecule has 1 aliphatic rings. The zero-order valence-corrected chi connectivity index (χ0v) is 17.0. The fourth-order valence-electron chi connectivity index (χ4n) is 3.53. The summed E-state index contributed by atoms with van der Waals surface area (Å²) in [5.41, 5.74) is 1.10. The second-order valence-corrected chi connectivity index (χ2v) is 8.90. The molecule has 0 aliphatic carbocycles. The van der Waals surface area contributed by atoms with E-state index in [9.17, 15) is 22.8 Å². The molecule has 0 spiro atoms. The molecular formula is C22H13N3O6S. The normalized spacial score (nSPS) is 13.8. The molecule has 9 nitrogen and oxygen atoms in total. The van der Waals surface area contributed by atoms with Crippen LogP contribution in [-0.4, -0.2) is 30.2 Å². The number of amides is 1. The lowest BCUT2D eigenvalue weighted by atomic mass is 10.0. The summed E-state index contributed by atoms with van der Waals surface area (Å²) < 4.78 is 30.6. The van der Waals surface area contributed by atoms with Crippen LogP contribution in [0.5, 0.6) is 0 Å². The van der Waals surface area contributed by atoms with E-state index in [1.807, 2.05) is 0 Å². The summed E-state index contributed by atoms with van der Waals surface area (Å²) in [6, 6.07) is 16.4. The van der Waals surface area contributed by atoms with E-state index in [0.29, 0.717) is 11.3 Å². The minimum atomic E-state index is -3.96. The number of nitrogens with zero attached hydrogens (tertiary/aromatic N) is 1. The van der Waals surface area contributed by atoms with Crippen LogP contribution in [-0.2, 0) is 9.84 Å². The van der Waals surface area contributed by atoms with Crippen LogP contribution in [0.3, 0.4) is 0 Å². The number of ketones is 1. The SMILES string of the molecule is O=C(Nc1cccc(-c2noc(=O)[nH]2)c1)c1ccc2c(c1)S(=O)(=O)c1ccccc1C2=O. The molecule has 32 heavy (non-hydrogen) atoms. The smallest absolute Gasteiger partial charge is 0.322 e. The lowest BCUT2D eigenvalue weighted by Crippen LogP contribution is -2.21. The van der Waals surface area contributed by atoms with Crippen molar-refractivity contribution in [3.05, 3.63) is 94.0 Å². The molecule has 158 valence electrons. The van der Waals surface area contributed by atoms with Gasteiger partial charge >= 0.3 is 5.76 Å². The lowest BCUT2D eigenvalue weighted by molar-refractivity contribution is 0.101. The number of carbonyl (C=O) groups is 2. The Morgan fingerprint density at radius 1 is 0.906 bits per heavy atom. The van der Waals surface area contributed by atoms with Gasteiger partial charge in [0.15, 0.2) is 11.6 Å². The van der Waals surface area contributed by atoms with Gasteiger partial charge in [-0.25, -0.2) is 13.2 Å². The van der Waals surface area contributed by atoms with Crippen molar-refractivity contribution in [3.8, 4) is 11.4 Å². The maximum atomic E-state index is 13.0. The molecule has 4 aromatic rings. The maximum Gasteiger partial charge on any atom is 0.439 e. The van der Waals surface area contributed by atoms with E-state index in [2.05, 4.69) is 20.0 Å². The molecule has 0 saturated heterocycles. The molecule has 1 aliphatic heterocycles. The van der Waals surface area contributed by atoms with Crippen LogP contribution in [0.1, 0.15) is 26.3 Å². The first-order chi connectivity index (χ1) is 15.3. The third kappa shape index (κ3) is 3.13. The number of sulfone groups is 1. The van der Waals surface area contributed by atoms with E-state index in [0.717, 1.165) is 0 Å². The van der Waals surface area contributed by atoms with Gasteiger partial charge in [-0.2, -0.15) is 0 Å². The molecule has 5 rings (SSSR count). The maximum absolute atomic E-state index is 13.0. The number of hydrogen-bond acceptors (Lipinski definition) is 7. The van der Waals surface area contributed by atoms with E-state index in [4.69, 9.17) is 0 Å². The molecule has 1 amide bonds. The number of anilines is 1. The lowest BCUT2D eigenvalue weighted by Gasteiger charge is -2.19. The molecule has 1 aromatic heterocycles. The number of hydrogen-bond donors (Lipinski definition) is 2. The summed E-state index contributed by atoms with van der Waals surface area (Å²) in [6.45, 7) is 0. The Morgan fingerprint density at radius 2 is 1.69 bits per heavy atom. The van der Waals surface area contributed by atoms with Gasteiger partial charge in [-0.3, -0.25) is 19.1 Å². The Labute approximate surface area is 180 Å². The topological polar surface area (TPSA) is 139 Å². The van der Waals surface area contributed by atoms with Gasteiger partial charge in [-0.1, -0.05) is 29.4 Å². The highest BCUT2D eigenvalue weighted by atomic mass is 32.2. The molecular weight excluding hydrogens is 434 g/mol. The standard InChI is InChI=1S/C22H13N3O6S/c26-19-15-6-1-2-7-17(15)32(29,30)18-11-13(8-9-16(18)19)21(27)23-14-5-3-4-12(10-14)20-24-22(28)31-25-20/h1-11H,(H,23,27)(H,24,25,28). The fraction of sp³-hybridized carbons (Fsp3) is 0. The van der Waals surface area contributed by atoms with Gasteiger partial charge in [0, 0.05) is 27.9 Å².